The quantitative estimate of drug-likeness (QED) is 0.278. The van der Waals surface area contributed by atoms with Gasteiger partial charge >= 0.3 is 0 Å². The monoisotopic (exact) mass is 378 g/mol. The van der Waals surface area contributed by atoms with Gasteiger partial charge in [-0.15, -0.1) is 0 Å². The molecule has 0 radical (unpaired) electrons. The molecule has 0 saturated heterocycles. The molecule has 1 aromatic heterocycles. The van der Waals surface area contributed by atoms with E-state index >= 15 is 0 Å². The predicted octanol–water partition coefficient (Wildman–Crippen LogP) is 3.41. The molecule has 0 atom stereocenters. The first kappa shape index (κ1) is 18.8. The second kappa shape index (κ2) is 9.13. The lowest BCUT2D eigenvalue weighted by atomic mass is 10.2. The Morgan fingerprint density at radius 3 is 2.68 bits per heavy atom. The SMILES string of the molecule is NC(=NOCc1cccc([N+](=O)[O-])c1)c1cccc(OCc2cccnc2)c1. The van der Waals surface area contributed by atoms with Crippen LogP contribution in [0.3, 0.4) is 0 Å². The highest BCUT2D eigenvalue weighted by atomic mass is 16.6. The highest BCUT2D eigenvalue weighted by Crippen LogP contribution is 2.16. The summed E-state index contributed by atoms with van der Waals surface area (Å²) < 4.78 is 5.74. The van der Waals surface area contributed by atoms with Crippen molar-refractivity contribution in [1.82, 2.24) is 4.98 Å². The molecule has 0 bridgehead atoms. The molecule has 28 heavy (non-hydrogen) atoms. The molecule has 2 N–H and O–H groups in total. The number of nitro benzene ring substituents is 1. The van der Waals surface area contributed by atoms with Crippen LogP contribution in [-0.2, 0) is 18.1 Å². The summed E-state index contributed by atoms with van der Waals surface area (Å²) in [5, 5.41) is 14.7. The fraction of sp³-hybridized carbons (Fsp3) is 0.100. The van der Waals surface area contributed by atoms with Crippen LogP contribution in [0.15, 0.2) is 78.2 Å². The van der Waals surface area contributed by atoms with Gasteiger partial charge in [-0.3, -0.25) is 15.1 Å². The van der Waals surface area contributed by atoms with Crippen molar-refractivity contribution in [3.63, 3.8) is 0 Å². The first-order valence-corrected chi connectivity index (χ1v) is 8.43. The number of nitrogens with two attached hydrogens (primary N) is 1. The molecule has 0 unspecified atom stereocenters. The molecule has 0 amide bonds. The van der Waals surface area contributed by atoms with E-state index in [1.54, 1.807) is 42.7 Å². The van der Waals surface area contributed by atoms with Crippen molar-refractivity contribution in [1.29, 1.82) is 0 Å². The molecule has 3 rings (SSSR count). The summed E-state index contributed by atoms with van der Waals surface area (Å²) in [5.41, 5.74) is 8.18. The maximum Gasteiger partial charge on any atom is 0.269 e. The van der Waals surface area contributed by atoms with Gasteiger partial charge in [-0.25, -0.2) is 0 Å². The largest absolute Gasteiger partial charge is 0.489 e. The van der Waals surface area contributed by atoms with Gasteiger partial charge in [-0.1, -0.05) is 35.5 Å². The first-order chi connectivity index (χ1) is 13.6. The van der Waals surface area contributed by atoms with Gasteiger partial charge in [0.1, 0.15) is 19.0 Å². The van der Waals surface area contributed by atoms with Crippen molar-refractivity contribution in [3.8, 4) is 5.75 Å². The van der Waals surface area contributed by atoms with E-state index in [-0.39, 0.29) is 18.1 Å². The van der Waals surface area contributed by atoms with Crippen LogP contribution >= 0.6 is 0 Å². The van der Waals surface area contributed by atoms with Crippen LogP contribution in [0.1, 0.15) is 16.7 Å². The molecule has 3 aromatic rings. The molecule has 1 heterocycles. The molecule has 8 heteroatoms. The topological polar surface area (TPSA) is 113 Å². The van der Waals surface area contributed by atoms with Gasteiger partial charge in [0, 0.05) is 35.7 Å². The first-order valence-electron chi connectivity index (χ1n) is 8.43. The van der Waals surface area contributed by atoms with Crippen LogP contribution in [-0.4, -0.2) is 15.7 Å². The van der Waals surface area contributed by atoms with E-state index in [9.17, 15) is 10.1 Å². The summed E-state index contributed by atoms with van der Waals surface area (Å²) in [7, 11) is 0. The molecular formula is C20H18N4O4. The molecule has 0 aliphatic heterocycles. The third-order valence-electron chi connectivity index (χ3n) is 3.77. The summed E-state index contributed by atoms with van der Waals surface area (Å²) >= 11 is 0. The molecule has 8 nitrogen and oxygen atoms in total. The summed E-state index contributed by atoms with van der Waals surface area (Å²) in [6.45, 7) is 0.456. The van der Waals surface area contributed by atoms with E-state index in [4.69, 9.17) is 15.3 Å². The van der Waals surface area contributed by atoms with Gasteiger partial charge in [0.25, 0.3) is 5.69 Å². The van der Waals surface area contributed by atoms with Crippen LogP contribution in [0.5, 0.6) is 5.75 Å². The van der Waals surface area contributed by atoms with Gasteiger partial charge in [0.05, 0.1) is 4.92 Å². The zero-order valence-electron chi connectivity index (χ0n) is 14.9. The number of non-ortho nitro benzene ring substituents is 1. The van der Waals surface area contributed by atoms with E-state index < -0.39 is 4.92 Å². The molecule has 0 fully saturated rings. The van der Waals surface area contributed by atoms with E-state index in [0.29, 0.717) is 23.5 Å². The van der Waals surface area contributed by atoms with Crippen molar-refractivity contribution in [2.75, 3.05) is 0 Å². The number of ether oxygens (including phenoxy) is 1. The van der Waals surface area contributed by atoms with Crippen LogP contribution in [0.4, 0.5) is 5.69 Å². The minimum Gasteiger partial charge on any atom is -0.489 e. The minimum atomic E-state index is -0.460. The summed E-state index contributed by atoms with van der Waals surface area (Å²) in [6, 6.07) is 17.1. The second-order valence-electron chi connectivity index (χ2n) is 5.85. The Kier molecular flexibility index (Phi) is 6.14. The molecular weight excluding hydrogens is 360 g/mol. The Bertz CT molecular complexity index is 977. The lowest BCUT2D eigenvalue weighted by Gasteiger charge is -2.08. The smallest absolute Gasteiger partial charge is 0.269 e. The van der Waals surface area contributed by atoms with Crippen LogP contribution in [0.2, 0.25) is 0 Å². The number of hydrogen-bond acceptors (Lipinski definition) is 6. The summed E-state index contributed by atoms with van der Waals surface area (Å²) in [6.07, 6.45) is 3.44. The van der Waals surface area contributed by atoms with Gasteiger partial charge in [-0.2, -0.15) is 0 Å². The number of benzene rings is 2. The van der Waals surface area contributed by atoms with E-state index in [1.165, 1.54) is 12.1 Å². The van der Waals surface area contributed by atoms with Crippen LogP contribution < -0.4 is 10.5 Å². The maximum atomic E-state index is 10.8. The normalized spacial score (nSPS) is 11.1. The van der Waals surface area contributed by atoms with Crippen LogP contribution in [0.25, 0.3) is 0 Å². The number of amidine groups is 1. The van der Waals surface area contributed by atoms with Crippen LogP contribution in [0, 0.1) is 10.1 Å². The molecule has 0 spiro atoms. The second-order valence-corrected chi connectivity index (χ2v) is 5.85. The number of oxime groups is 1. The summed E-state index contributed by atoms with van der Waals surface area (Å²) in [5.74, 6) is 0.815. The molecule has 2 aromatic carbocycles. The Morgan fingerprint density at radius 1 is 1.07 bits per heavy atom. The fourth-order valence-electron chi connectivity index (χ4n) is 2.38. The van der Waals surface area contributed by atoms with Crippen molar-refractivity contribution in [2.45, 2.75) is 13.2 Å². The molecule has 0 saturated carbocycles. The molecule has 0 aliphatic rings. The molecule has 0 aliphatic carbocycles. The Hall–Kier alpha value is -3.94. The zero-order valence-corrected chi connectivity index (χ0v) is 14.9. The third-order valence-corrected chi connectivity index (χ3v) is 3.77. The highest BCUT2D eigenvalue weighted by molar-refractivity contribution is 5.97. The number of rotatable bonds is 8. The Morgan fingerprint density at radius 2 is 1.89 bits per heavy atom. The van der Waals surface area contributed by atoms with Gasteiger partial charge in [0.15, 0.2) is 5.84 Å². The van der Waals surface area contributed by atoms with Crippen molar-refractivity contribution in [2.24, 2.45) is 10.9 Å². The Balaban J connectivity index is 1.59. The number of nitro groups is 1. The summed E-state index contributed by atoms with van der Waals surface area (Å²) in [4.78, 5) is 19.6. The zero-order chi connectivity index (χ0) is 19.8. The number of aromatic nitrogens is 1. The number of nitrogens with zero attached hydrogens (tertiary/aromatic N) is 3. The predicted molar refractivity (Wildman–Crippen MR) is 104 cm³/mol. The van der Waals surface area contributed by atoms with Crippen molar-refractivity contribution >= 4 is 11.5 Å². The third kappa shape index (κ3) is 5.28. The van der Waals surface area contributed by atoms with E-state index in [2.05, 4.69) is 10.1 Å². The minimum absolute atomic E-state index is 0.00322. The fourth-order valence-corrected chi connectivity index (χ4v) is 2.38. The van der Waals surface area contributed by atoms with E-state index in [0.717, 1.165) is 5.56 Å². The highest BCUT2D eigenvalue weighted by Gasteiger charge is 2.06. The van der Waals surface area contributed by atoms with E-state index in [1.807, 2.05) is 18.2 Å². The van der Waals surface area contributed by atoms with Gasteiger partial charge < -0.3 is 15.3 Å². The van der Waals surface area contributed by atoms with Crippen molar-refractivity contribution in [3.05, 3.63) is 99.9 Å². The average Bonchev–Trinajstić information content (AvgIpc) is 2.73. The van der Waals surface area contributed by atoms with Gasteiger partial charge in [-0.05, 0) is 23.8 Å². The number of pyridine rings is 1. The van der Waals surface area contributed by atoms with Gasteiger partial charge in [0.2, 0.25) is 0 Å². The van der Waals surface area contributed by atoms with Crippen molar-refractivity contribution < 1.29 is 14.5 Å². The standard InChI is InChI=1S/C20H18N4O4/c21-20(23-28-14-15-4-1-7-18(10-15)24(25)26)17-6-2-8-19(11-17)27-13-16-5-3-9-22-12-16/h1-12H,13-14H2,(H2,21,23). The maximum absolute atomic E-state index is 10.8. The lowest BCUT2D eigenvalue weighted by molar-refractivity contribution is -0.384. The average molecular weight is 378 g/mol. The number of hydrogen-bond donors (Lipinski definition) is 1. The Labute approximate surface area is 161 Å². The lowest BCUT2D eigenvalue weighted by Crippen LogP contribution is -2.14. The molecule has 142 valence electrons.